The molecule has 3 N–H and O–H groups in total. The highest BCUT2D eigenvalue weighted by Gasteiger charge is 2.19. The molecule has 0 atom stereocenters. The Balaban J connectivity index is 1.52. The molecule has 4 heterocycles. The van der Waals surface area contributed by atoms with Crippen LogP contribution >= 0.6 is 0 Å². The van der Waals surface area contributed by atoms with E-state index in [9.17, 15) is 8.42 Å². The van der Waals surface area contributed by atoms with Gasteiger partial charge in [-0.3, -0.25) is 9.62 Å². The minimum atomic E-state index is -3.46. The topological polar surface area (TPSA) is 158 Å². The first-order valence-electron chi connectivity index (χ1n) is 12.6. The molecule has 0 aliphatic carbocycles. The Bertz CT molecular complexity index is 1590. The Morgan fingerprint density at radius 2 is 1.82 bits per heavy atom. The number of pyridine rings is 1. The number of rotatable bonds is 11. The van der Waals surface area contributed by atoms with Gasteiger partial charge in [0, 0.05) is 56.9 Å². The molecular formula is C25H31N9O5S. The Kier molecular flexibility index (Phi) is 8.14. The van der Waals surface area contributed by atoms with Crippen LogP contribution in [-0.4, -0.2) is 97.9 Å². The van der Waals surface area contributed by atoms with Crippen LogP contribution in [0, 0.1) is 0 Å². The van der Waals surface area contributed by atoms with Gasteiger partial charge in [0.05, 0.1) is 50.3 Å². The van der Waals surface area contributed by atoms with Crippen molar-refractivity contribution < 1.29 is 22.6 Å². The van der Waals surface area contributed by atoms with E-state index in [1.807, 2.05) is 6.07 Å². The number of hydrogen-bond acceptors (Lipinski definition) is 12. The van der Waals surface area contributed by atoms with Gasteiger partial charge in [-0.1, -0.05) is 0 Å². The van der Waals surface area contributed by atoms with Crippen molar-refractivity contribution in [1.29, 1.82) is 0 Å². The van der Waals surface area contributed by atoms with Gasteiger partial charge in [0.1, 0.15) is 17.3 Å². The fourth-order valence-electron chi connectivity index (χ4n) is 4.36. The van der Waals surface area contributed by atoms with Crippen molar-refractivity contribution >= 4 is 44.1 Å². The lowest BCUT2D eigenvalue weighted by molar-refractivity contribution is 0.0398. The molecule has 1 aromatic carbocycles. The predicted octanol–water partition coefficient (Wildman–Crippen LogP) is 2.09. The molecule has 40 heavy (non-hydrogen) atoms. The van der Waals surface area contributed by atoms with Crippen molar-refractivity contribution in [2.45, 2.75) is 0 Å². The number of hydrogen-bond donors (Lipinski definition) is 3. The highest BCUT2D eigenvalue weighted by molar-refractivity contribution is 7.92. The first-order valence-corrected chi connectivity index (χ1v) is 14.4. The third-order valence-electron chi connectivity index (χ3n) is 6.21. The molecule has 1 aliphatic heterocycles. The average molecular weight is 570 g/mol. The molecule has 4 aromatic rings. The van der Waals surface area contributed by atoms with Crippen LogP contribution in [0.2, 0.25) is 0 Å². The van der Waals surface area contributed by atoms with Crippen LogP contribution in [0.15, 0.2) is 42.9 Å². The minimum Gasteiger partial charge on any atom is -0.494 e. The van der Waals surface area contributed by atoms with Gasteiger partial charge in [0.15, 0.2) is 11.6 Å². The number of morpholine rings is 1. The summed E-state index contributed by atoms with van der Waals surface area (Å²) < 4.78 is 44.1. The van der Waals surface area contributed by atoms with Crippen LogP contribution in [0.25, 0.3) is 16.6 Å². The highest BCUT2D eigenvalue weighted by atomic mass is 32.2. The van der Waals surface area contributed by atoms with Gasteiger partial charge in [-0.15, -0.1) is 5.10 Å². The van der Waals surface area contributed by atoms with E-state index in [1.54, 1.807) is 41.5 Å². The van der Waals surface area contributed by atoms with Crippen LogP contribution in [0.1, 0.15) is 0 Å². The van der Waals surface area contributed by atoms with E-state index >= 15 is 0 Å². The zero-order valence-electron chi connectivity index (χ0n) is 22.4. The van der Waals surface area contributed by atoms with Crippen LogP contribution in [0.3, 0.4) is 0 Å². The van der Waals surface area contributed by atoms with Crippen LogP contribution < -0.4 is 24.8 Å². The highest BCUT2D eigenvalue weighted by Crippen LogP contribution is 2.33. The van der Waals surface area contributed by atoms with Gasteiger partial charge >= 0.3 is 0 Å². The van der Waals surface area contributed by atoms with E-state index in [1.165, 1.54) is 14.2 Å². The van der Waals surface area contributed by atoms with Crippen LogP contribution in [-0.2, 0) is 14.8 Å². The summed E-state index contributed by atoms with van der Waals surface area (Å²) in [5.74, 6) is 2.33. The number of nitrogens with one attached hydrogen (secondary N) is 3. The summed E-state index contributed by atoms with van der Waals surface area (Å²) in [6, 6.07) is 6.85. The summed E-state index contributed by atoms with van der Waals surface area (Å²) >= 11 is 0. The predicted molar refractivity (Wildman–Crippen MR) is 151 cm³/mol. The maximum absolute atomic E-state index is 11.8. The van der Waals surface area contributed by atoms with Crippen molar-refractivity contribution in [1.82, 2.24) is 29.6 Å². The minimum absolute atomic E-state index is 0.332. The third kappa shape index (κ3) is 6.32. The molecule has 3 aromatic heterocycles. The van der Waals surface area contributed by atoms with Crippen LogP contribution in [0.4, 0.5) is 23.1 Å². The smallest absolute Gasteiger partial charge is 0.257 e. The molecular weight excluding hydrogens is 538 g/mol. The van der Waals surface area contributed by atoms with Crippen molar-refractivity contribution in [3.8, 4) is 17.3 Å². The first-order chi connectivity index (χ1) is 19.3. The molecule has 0 bridgehead atoms. The second-order valence-corrected chi connectivity index (χ2v) is 10.8. The number of sulfonamides is 1. The number of ether oxygens (including phenoxy) is 3. The van der Waals surface area contributed by atoms with E-state index in [-0.39, 0.29) is 0 Å². The number of anilines is 4. The van der Waals surface area contributed by atoms with E-state index in [0.717, 1.165) is 50.0 Å². The van der Waals surface area contributed by atoms with Gasteiger partial charge in [-0.25, -0.2) is 28.1 Å². The number of fused-ring (bicyclic) bond motifs is 1. The summed E-state index contributed by atoms with van der Waals surface area (Å²) in [4.78, 5) is 15.4. The Hall–Kier alpha value is -4.21. The molecule has 0 radical (unpaired) electrons. The Labute approximate surface area is 231 Å². The van der Waals surface area contributed by atoms with Gasteiger partial charge in [0.2, 0.25) is 10.0 Å². The number of aromatic nitrogens is 5. The molecule has 14 nitrogen and oxygen atoms in total. The Morgan fingerprint density at radius 1 is 1.02 bits per heavy atom. The van der Waals surface area contributed by atoms with E-state index < -0.39 is 10.0 Å². The van der Waals surface area contributed by atoms with E-state index in [0.29, 0.717) is 47.0 Å². The van der Waals surface area contributed by atoms with Gasteiger partial charge in [-0.2, -0.15) is 0 Å². The van der Waals surface area contributed by atoms with Gasteiger partial charge in [0.25, 0.3) is 5.88 Å². The molecule has 1 fully saturated rings. The van der Waals surface area contributed by atoms with Gasteiger partial charge in [-0.05, 0) is 12.1 Å². The second kappa shape index (κ2) is 11.9. The normalized spacial score (nSPS) is 14.2. The molecule has 15 heteroatoms. The van der Waals surface area contributed by atoms with Crippen molar-refractivity contribution in [2.75, 3.05) is 75.2 Å². The molecule has 212 valence electrons. The summed E-state index contributed by atoms with van der Waals surface area (Å²) in [7, 11) is -0.421. The zero-order valence-corrected chi connectivity index (χ0v) is 23.2. The SMILES string of the molecule is COc1cc(NS(C)(=O)=O)ccc1-n1nc(NCCN2CCOCC2)c2cnc(Nc3nccnc3OC)cc21. The molecule has 5 rings (SSSR count). The first kappa shape index (κ1) is 27.4. The fraction of sp³-hybridized carbons (Fsp3) is 0.360. The fourth-order valence-corrected chi connectivity index (χ4v) is 4.92. The molecule has 1 saturated heterocycles. The number of nitrogens with zero attached hydrogens (tertiary/aromatic N) is 6. The Morgan fingerprint density at radius 3 is 2.58 bits per heavy atom. The zero-order chi connectivity index (χ0) is 28.1. The standard InChI is InChI=1S/C25H31N9O5S/c1-37-21-14-17(32-40(3,35)36)4-5-19(21)34-20-15-22(30-24-25(38-2)28-7-6-26-24)29-16-18(20)23(31-34)27-8-9-33-10-12-39-13-11-33/h4-7,14-16,32H,8-13H2,1-3H3,(H,27,31)(H,26,29,30). The van der Waals surface area contributed by atoms with Crippen molar-refractivity contribution in [3.63, 3.8) is 0 Å². The maximum Gasteiger partial charge on any atom is 0.257 e. The monoisotopic (exact) mass is 569 g/mol. The number of benzene rings is 1. The lowest BCUT2D eigenvalue weighted by atomic mass is 10.2. The summed E-state index contributed by atoms with van der Waals surface area (Å²) in [5.41, 5.74) is 1.72. The number of methoxy groups -OCH3 is 2. The van der Waals surface area contributed by atoms with E-state index in [2.05, 4.69) is 35.2 Å². The summed E-state index contributed by atoms with van der Waals surface area (Å²) in [6.07, 6.45) is 5.92. The van der Waals surface area contributed by atoms with Gasteiger partial charge < -0.3 is 24.8 Å². The summed E-state index contributed by atoms with van der Waals surface area (Å²) in [5, 5.41) is 12.2. The summed E-state index contributed by atoms with van der Waals surface area (Å²) in [6.45, 7) is 4.77. The van der Waals surface area contributed by atoms with Crippen molar-refractivity contribution in [3.05, 3.63) is 42.9 Å². The molecule has 0 unspecified atom stereocenters. The van der Waals surface area contributed by atoms with Crippen LogP contribution in [0.5, 0.6) is 11.6 Å². The second-order valence-electron chi connectivity index (χ2n) is 9.03. The molecule has 1 aliphatic rings. The molecule has 0 amide bonds. The lowest BCUT2D eigenvalue weighted by Crippen LogP contribution is -2.39. The molecule has 0 saturated carbocycles. The quantitative estimate of drug-likeness (QED) is 0.242. The maximum atomic E-state index is 11.8. The largest absolute Gasteiger partial charge is 0.494 e. The lowest BCUT2D eigenvalue weighted by Gasteiger charge is -2.26. The molecule has 0 spiro atoms. The average Bonchev–Trinajstić information content (AvgIpc) is 3.30. The van der Waals surface area contributed by atoms with E-state index in [4.69, 9.17) is 19.3 Å². The third-order valence-corrected chi connectivity index (χ3v) is 6.81. The van der Waals surface area contributed by atoms with Crippen molar-refractivity contribution in [2.24, 2.45) is 0 Å².